The van der Waals surface area contributed by atoms with Crippen molar-refractivity contribution in [1.29, 1.82) is 0 Å². The average Bonchev–Trinajstić information content (AvgIpc) is 2.99. The second kappa shape index (κ2) is 5.72. The number of nitrogens with zero attached hydrogens (tertiary/aromatic N) is 2. The number of ether oxygens (including phenoxy) is 1. The second-order valence-electron chi connectivity index (χ2n) is 6.98. The Labute approximate surface area is 136 Å². The van der Waals surface area contributed by atoms with E-state index in [-0.39, 0.29) is 12.1 Å². The van der Waals surface area contributed by atoms with Crippen LogP contribution >= 0.6 is 0 Å². The quantitative estimate of drug-likeness (QED) is 0.868. The van der Waals surface area contributed by atoms with E-state index in [9.17, 15) is 4.79 Å². The summed E-state index contributed by atoms with van der Waals surface area (Å²) in [7, 11) is 0. The molecule has 0 fully saturated rings. The van der Waals surface area contributed by atoms with Crippen LogP contribution in [0.2, 0.25) is 0 Å². The van der Waals surface area contributed by atoms with E-state index in [0.29, 0.717) is 6.54 Å². The number of H-pyrrole nitrogens is 1. The Kier molecular flexibility index (Phi) is 3.88. The lowest BCUT2D eigenvalue weighted by Crippen LogP contribution is -2.42. The third-order valence-corrected chi connectivity index (χ3v) is 4.12. The van der Waals surface area contributed by atoms with Gasteiger partial charge in [0.15, 0.2) is 0 Å². The van der Waals surface area contributed by atoms with Crippen LogP contribution in [0.1, 0.15) is 44.9 Å². The number of rotatable bonds is 1. The minimum Gasteiger partial charge on any atom is -0.444 e. The molecule has 0 radical (unpaired) electrons. The fourth-order valence-electron chi connectivity index (χ4n) is 2.99. The largest absolute Gasteiger partial charge is 0.444 e. The van der Waals surface area contributed by atoms with Gasteiger partial charge in [-0.1, -0.05) is 12.1 Å². The highest BCUT2D eigenvalue weighted by Gasteiger charge is 2.31. The molecule has 1 N–H and O–H groups in total. The Morgan fingerprint density at radius 3 is 2.78 bits per heavy atom. The molecule has 1 atom stereocenters. The molecule has 122 valence electrons. The van der Waals surface area contributed by atoms with Crippen molar-refractivity contribution in [1.82, 2.24) is 15.1 Å². The molecule has 1 unspecified atom stereocenters. The monoisotopic (exact) mass is 313 g/mol. The zero-order valence-corrected chi connectivity index (χ0v) is 14.1. The summed E-state index contributed by atoms with van der Waals surface area (Å²) in [6.45, 7) is 8.41. The van der Waals surface area contributed by atoms with Gasteiger partial charge in [-0.15, -0.1) is 0 Å². The van der Waals surface area contributed by atoms with Crippen LogP contribution in [-0.4, -0.2) is 33.3 Å². The van der Waals surface area contributed by atoms with Crippen LogP contribution < -0.4 is 0 Å². The van der Waals surface area contributed by atoms with Crippen molar-refractivity contribution in [3.8, 4) is 11.3 Å². The number of aromatic nitrogens is 2. The molecule has 3 rings (SSSR count). The second-order valence-corrected chi connectivity index (χ2v) is 6.98. The molecule has 1 aliphatic heterocycles. The van der Waals surface area contributed by atoms with Crippen LogP contribution in [0, 0.1) is 0 Å². The fraction of sp³-hybridized carbons (Fsp3) is 0.444. The third-order valence-electron chi connectivity index (χ3n) is 4.12. The van der Waals surface area contributed by atoms with Crippen molar-refractivity contribution >= 4 is 6.09 Å². The first-order valence-corrected chi connectivity index (χ1v) is 7.97. The van der Waals surface area contributed by atoms with E-state index in [1.54, 1.807) is 6.20 Å². The highest BCUT2D eigenvalue weighted by molar-refractivity contribution is 5.70. The first-order valence-electron chi connectivity index (χ1n) is 7.97. The van der Waals surface area contributed by atoms with Gasteiger partial charge in [0.05, 0.1) is 11.7 Å². The Morgan fingerprint density at radius 2 is 2.13 bits per heavy atom. The number of hydrogen-bond acceptors (Lipinski definition) is 3. The number of aromatic amines is 1. The number of fused-ring (bicyclic) bond motifs is 1. The molecule has 1 aromatic carbocycles. The van der Waals surface area contributed by atoms with E-state index in [4.69, 9.17) is 4.74 Å². The highest BCUT2D eigenvalue weighted by Crippen LogP contribution is 2.33. The van der Waals surface area contributed by atoms with Crippen LogP contribution in [0.3, 0.4) is 0 Å². The Bertz CT molecular complexity index is 702. The molecule has 5 heteroatoms. The number of carbonyl (C=O) groups is 1. The van der Waals surface area contributed by atoms with Crippen molar-refractivity contribution in [2.75, 3.05) is 6.54 Å². The van der Waals surface area contributed by atoms with E-state index >= 15 is 0 Å². The van der Waals surface area contributed by atoms with Gasteiger partial charge in [0.2, 0.25) is 0 Å². The average molecular weight is 313 g/mol. The summed E-state index contributed by atoms with van der Waals surface area (Å²) in [5, 5.41) is 6.99. The molecule has 0 saturated heterocycles. The zero-order valence-electron chi connectivity index (χ0n) is 14.1. The molecule has 23 heavy (non-hydrogen) atoms. The zero-order chi connectivity index (χ0) is 16.6. The van der Waals surface area contributed by atoms with Crippen LogP contribution in [0.15, 0.2) is 30.5 Å². The van der Waals surface area contributed by atoms with E-state index in [1.807, 2.05) is 31.7 Å². The maximum atomic E-state index is 12.4. The molecular formula is C18H23N3O2. The van der Waals surface area contributed by atoms with Crippen LogP contribution in [-0.2, 0) is 11.2 Å². The molecule has 0 bridgehead atoms. The number of amides is 1. The third kappa shape index (κ3) is 3.23. The fourth-order valence-corrected chi connectivity index (χ4v) is 2.99. The summed E-state index contributed by atoms with van der Waals surface area (Å²) in [4.78, 5) is 14.2. The van der Waals surface area contributed by atoms with Crippen molar-refractivity contribution in [2.24, 2.45) is 0 Å². The van der Waals surface area contributed by atoms with Crippen molar-refractivity contribution < 1.29 is 9.53 Å². The van der Waals surface area contributed by atoms with Crippen LogP contribution in [0.5, 0.6) is 0 Å². The minimum atomic E-state index is -0.471. The molecule has 0 saturated carbocycles. The first kappa shape index (κ1) is 15.6. The van der Waals surface area contributed by atoms with Gasteiger partial charge < -0.3 is 9.64 Å². The van der Waals surface area contributed by atoms with Gasteiger partial charge in [0.1, 0.15) is 5.60 Å². The van der Waals surface area contributed by atoms with E-state index < -0.39 is 5.60 Å². The summed E-state index contributed by atoms with van der Waals surface area (Å²) in [6.07, 6.45) is 2.34. The molecule has 2 aromatic rings. The van der Waals surface area contributed by atoms with Gasteiger partial charge in [-0.05, 0) is 62.9 Å². The molecule has 1 aliphatic rings. The summed E-state index contributed by atoms with van der Waals surface area (Å²) in [5.74, 6) is 0. The van der Waals surface area contributed by atoms with Crippen LogP contribution in [0.25, 0.3) is 11.3 Å². The molecule has 1 amide bonds. The Hall–Kier alpha value is -2.30. The van der Waals surface area contributed by atoms with Gasteiger partial charge in [-0.3, -0.25) is 5.10 Å². The van der Waals surface area contributed by atoms with Crippen molar-refractivity contribution in [3.05, 3.63) is 41.6 Å². The van der Waals surface area contributed by atoms with E-state index in [2.05, 4.69) is 35.3 Å². The predicted octanol–water partition coefficient (Wildman–Crippen LogP) is 3.93. The number of carbonyl (C=O) groups excluding carboxylic acids is 1. The molecule has 5 nitrogen and oxygen atoms in total. The van der Waals surface area contributed by atoms with Crippen LogP contribution in [0.4, 0.5) is 4.79 Å². The number of hydrogen-bond donors (Lipinski definition) is 1. The van der Waals surface area contributed by atoms with Gasteiger partial charge in [0, 0.05) is 12.7 Å². The lowest BCUT2D eigenvalue weighted by Gasteiger charge is -2.36. The molecule has 1 aromatic heterocycles. The summed E-state index contributed by atoms with van der Waals surface area (Å²) in [6, 6.07) is 8.34. The minimum absolute atomic E-state index is 0.0180. The first-order chi connectivity index (χ1) is 10.8. The van der Waals surface area contributed by atoms with Gasteiger partial charge in [-0.25, -0.2) is 4.79 Å². The standard InChI is InChI=1S/C18H23N3O2/c1-12-15-6-5-14(16-7-9-19-20-16)11-13(15)8-10-21(12)17(22)23-18(2,3)4/h5-7,9,11-12H,8,10H2,1-4H3,(H,19,20). The Balaban J connectivity index is 1.83. The smallest absolute Gasteiger partial charge is 0.410 e. The maximum absolute atomic E-state index is 12.4. The number of nitrogens with one attached hydrogen (secondary N) is 1. The highest BCUT2D eigenvalue weighted by atomic mass is 16.6. The van der Waals surface area contributed by atoms with E-state index in [0.717, 1.165) is 17.7 Å². The van der Waals surface area contributed by atoms with E-state index in [1.165, 1.54) is 11.1 Å². The lowest BCUT2D eigenvalue weighted by atomic mass is 9.91. The van der Waals surface area contributed by atoms with Crippen molar-refractivity contribution in [2.45, 2.75) is 45.8 Å². The summed E-state index contributed by atoms with van der Waals surface area (Å²) in [5.41, 5.74) is 4.13. The Morgan fingerprint density at radius 1 is 1.35 bits per heavy atom. The summed E-state index contributed by atoms with van der Waals surface area (Å²) >= 11 is 0. The summed E-state index contributed by atoms with van der Waals surface area (Å²) < 4.78 is 5.52. The van der Waals surface area contributed by atoms with Gasteiger partial charge in [0.25, 0.3) is 0 Å². The predicted molar refractivity (Wildman–Crippen MR) is 89.1 cm³/mol. The normalized spacial score (nSPS) is 17.7. The molecule has 0 spiro atoms. The topological polar surface area (TPSA) is 58.2 Å². The van der Waals surface area contributed by atoms with Gasteiger partial charge >= 0.3 is 6.09 Å². The van der Waals surface area contributed by atoms with Gasteiger partial charge in [-0.2, -0.15) is 5.10 Å². The molecule has 2 heterocycles. The SMILES string of the molecule is CC1c2ccc(-c3ccn[nH]3)cc2CCN1C(=O)OC(C)(C)C. The lowest BCUT2D eigenvalue weighted by molar-refractivity contribution is 0.0160. The van der Waals surface area contributed by atoms with Crippen molar-refractivity contribution in [3.63, 3.8) is 0 Å². The molecule has 0 aliphatic carbocycles. The maximum Gasteiger partial charge on any atom is 0.410 e. The number of benzene rings is 1. The molecular weight excluding hydrogens is 290 g/mol.